The highest BCUT2D eigenvalue weighted by Gasteiger charge is 2.32. The molecule has 0 spiro atoms. The van der Waals surface area contributed by atoms with Crippen LogP contribution in [0, 0.1) is 5.92 Å². The fraction of sp³-hybridized carbons (Fsp3) is 0.550. The summed E-state index contributed by atoms with van der Waals surface area (Å²) in [6, 6.07) is 6.01. The van der Waals surface area contributed by atoms with Crippen molar-refractivity contribution in [1.29, 1.82) is 0 Å². The van der Waals surface area contributed by atoms with Crippen molar-refractivity contribution in [3.8, 4) is 0 Å². The van der Waals surface area contributed by atoms with Crippen molar-refractivity contribution >= 4 is 11.8 Å². The average Bonchev–Trinajstić information content (AvgIpc) is 3.16. The minimum atomic E-state index is -0.179. The van der Waals surface area contributed by atoms with Crippen LogP contribution in [0.1, 0.15) is 44.2 Å². The Morgan fingerprint density at radius 2 is 2.18 bits per heavy atom. The fourth-order valence-electron chi connectivity index (χ4n) is 3.54. The monoisotopic (exact) mass is 384 g/mol. The van der Waals surface area contributed by atoms with Gasteiger partial charge in [0.2, 0.25) is 11.8 Å². The molecule has 8 heteroatoms. The molecule has 8 nitrogen and oxygen atoms in total. The first kappa shape index (κ1) is 20.0. The van der Waals surface area contributed by atoms with Gasteiger partial charge in [0.05, 0.1) is 12.5 Å². The molecule has 0 bridgehead atoms. The molecule has 2 aromatic rings. The summed E-state index contributed by atoms with van der Waals surface area (Å²) in [5, 5.41) is 8.10. The van der Waals surface area contributed by atoms with E-state index in [0.29, 0.717) is 38.9 Å². The smallest absolute Gasteiger partial charge is 0.227 e. The normalized spacial score (nSPS) is 17.2. The minimum absolute atomic E-state index is 0.0497. The summed E-state index contributed by atoms with van der Waals surface area (Å²) in [6.45, 7) is 5.58. The van der Waals surface area contributed by atoms with Crippen molar-refractivity contribution < 1.29 is 9.59 Å². The largest absolute Gasteiger partial charge is 0.342 e. The second kappa shape index (κ2) is 8.95. The van der Waals surface area contributed by atoms with Gasteiger partial charge < -0.3 is 14.4 Å². The van der Waals surface area contributed by atoms with Crippen LogP contribution < -0.4 is 0 Å². The van der Waals surface area contributed by atoms with Crippen LogP contribution in [0.3, 0.4) is 0 Å². The van der Waals surface area contributed by atoms with Crippen LogP contribution in [0.2, 0.25) is 0 Å². The van der Waals surface area contributed by atoms with Gasteiger partial charge in [-0.25, -0.2) is 0 Å². The highest BCUT2D eigenvalue weighted by atomic mass is 16.2. The van der Waals surface area contributed by atoms with Crippen LogP contribution >= 0.6 is 0 Å². The first-order valence-electron chi connectivity index (χ1n) is 9.76. The van der Waals surface area contributed by atoms with E-state index in [9.17, 15) is 9.59 Å². The third-order valence-electron chi connectivity index (χ3n) is 5.17. The van der Waals surface area contributed by atoms with Gasteiger partial charge in [-0.15, -0.1) is 10.2 Å². The van der Waals surface area contributed by atoms with E-state index in [2.05, 4.69) is 29.0 Å². The Bertz CT molecular complexity index is 804. The SMILES string of the molecule is CC(C)n1cnnc1CN(C)C(=O)[C@H]1CCC(=O)N(CCc2ccccn2)C1. The van der Waals surface area contributed by atoms with Crippen molar-refractivity contribution in [2.24, 2.45) is 5.92 Å². The van der Waals surface area contributed by atoms with Gasteiger partial charge in [-0.3, -0.25) is 14.6 Å². The molecule has 1 fully saturated rings. The summed E-state index contributed by atoms with van der Waals surface area (Å²) in [5.41, 5.74) is 0.953. The van der Waals surface area contributed by atoms with Crippen molar-refractivity contribution in [3.05, 3.63) is 42.2 Å². The minimum Gasteiger partial charge on any atom is -0.342 e. The molecule has 1 atom stereocenters. The number of pyridine rings is 1. The zero-order valence-corrected chi connectivity index (χ0v) is 16.8. The van der Waals surface area contributed by atoms with E-state index in [4.69, 9.17) is 0 Å². The molecule has 1 saturated heterocycles. The van der Waals surface area contributed by atoms with E-state index >= 15 is 0 Å². The lowest BCUT2D eigenvalue weighted by Gasteiger charge is -2.33. The second-order valence-electron chi connectivity index (χ2n) is 7.59. The summed E-state index contributed by atoms with van der Waals surface area (Å²) in [6.07, 6.45) is 5.15. The number of amides is 2. The van der Waals surface area contributed by atoms with Gasteiger partial charge in [0.15, 0.2) is 5.82 Å². The molecule has 0 radical (unpaired) electrons. The topological polar surface area (TPSA) is 84.2 Å². The van der Waals surface area contributed by atoms with E-state index in [-0.39, 0.29) is 23.8 Å². The van der Waals surface area contributed by atoms with Crippen molar-refractivity contribution in [2.45, 2.75) is 45.7 Å². The molecule has 0 unspecified atom stereocenters. The number of likely N-dealkylation sites (tertiary alicyclic amines) is 1. The van der Waals surface area contributed by atoms with Gasteiger partial charge in [-0.2, -0.15) is 0 Å². The molecular formula is C20H28N6O2. The maximum absolute atomic E-state index is 13.0. The van der Waals surface area contributed by atoms with Gasteiger partial charge >= 0.3 is 0 Å². The zero-order valence-electron chi connectivity index (χ0n) is 16.8. The van der Waals surface area contributed by atoms with Crippen LogP contribution in [-0.2, 0) is 22.6 Å². The van der Waals surface area contributed by atoms with Gasteiger partial charge in [-0.1, -0.05) is 6.07 Å². The Labute approximate surface area is 165 Å². The molecule has 28 heavy (non-hydrogen) atoms. The summed E-state index contributed by atoms with van der Waals surface area (Å²) >= 11 is 0. The standard InChI is InChI=1S/C20H28N6O2/c1-15(2)26-14-22-23-18(26)13-24(3)20(28)16-7-8-19(27)25(12-16)11-9-17-6-4-5-10-21-17/h4-6,10,14-16H,7-9,11-13H2,1-3H3/t16-/m0/s1. The van der Waals surface area contributed by atoms with Crippen LogP contribution in [-0.4, -0.2) is 61.5 Å². The lowest BCUT2D eigenvalue weighted by Crippen LogP contribution is -2.46. The summed E-state index contributed by atoms with van der Waals surface area (Å²) in [4.78, 5) is 33.0. The molecule has 0 aromatic carbocycles. The predicted molar refractivity (Wildman–Crippen MR) is 104 cm³/mol. The van der Waals surface area contributed by atoms with E-state index < -0.39 is 0 Å². The van der Waals surface area contributed by atoms with Crippen LogP contribution in [0.4, 0.5) is 0 Å². The Balaban J connectivity index is 1.58. The van der Waals surface area contributed by atoms with Gasteiger partial charge in [0.25, 0.3) is 0 Å². The molecule has 2 aromatic heterocycles. The first-order chi connectivity index (χ1) is 13.5. The summed E-state index contributed by atoms with van der Waals surface area (Å²) in [5.74, 6) is 0.752. The van der Waals surface area contributed by atoms with E-state index in [1.165, 1.54) is 0 Å². The number of carbonyl (C=O) groups is 2. The van der Waals surface area contributed by atoms with E-state index in [1.54, 1.807) is 29.4 Å². The predicted octanol–water partition coefficient (Wildman–Crippen LogP) is 1.69. The van der Waals surface area contributed by atoms with Crippen LogP contribution in [0.5, 0.6) is 0 Å². The third kappa shape index (κ3) is 4.74. The molecule has 1 aliphatic heterocycles. The third-order valence-corrected chi connectivity index (χ3v) is 5.17. The van der Waals surface area contributed by atoms with E-state index in [1.807, 2.05) is 22.8 Å². The molecular weight excluding hydrogens is 356 g/mol. The lowest BCUT2D eigenvalue weighted by molar-refractivity contribution is -0.142. The molecule has 3 rings (SSSR count). The number of carbonyl (C=O) groups excluding carboxylic acids is 2. The second-order valence-corrected chi connectivity index (χ2v) is 7.59. The maximum atomic E-state index is 13.0. The summed E-state index contributed by atoms with van der Waals surface area (Å²) in [7, 11) is 1.79. The molecule has 0 aliphatic carbocycles. The Morgan fingerprint density at radius 3 is 2.89 bits per heavy atom. The number of hydrogen-bond acceptors (Lipinski definition) is 5. The molecule has 3 heterocycles. The van der Waals surface area contributed by atoms with Crippen molar-refractivity contribution in [3.63, 3.8) is 0 Å². The highest BCUT2D eigenvalue weighted by Crippen LogP contribution is 2.21. The number of piperidine rings is 1. The quantitative estimate of drug-likeness (QED) is 0.725. The number of hydrogen-bond donors (Lipinski definition) is 0. The van der Waals surface area contributed by atoms with Crippen molar-refractivity contribution in [2.75, 3.05) is 20.1 Å². The molecule has 1 aliphatic rings. The number of rotatable bonds is 7. The maximum Gasteiger partial charge on any atom is 0.227 e. The molecule has 0 N–H and O–H groups in total. The average molecular weight is 384 g/mol. The fourth-order valence-corrected chi connectivity index (χ4v) is 3.54. The Hall–Kier alpha value is -2.77. The first-order valence-corrected chi connectivity index (χ1v) is 9.76. The van der Waals surface area contributed by atoms with E-state index in [0.717, 1.165) is 11.5 Å². The highest BCUT2D eigenvalue weighted by molar-refractivity contribution is 5.83. The van der Waals surface area contributed by atoms with Crippen molar-refractivity contribution in [1.82, 2.24) is 29.5 Å². The van der Waals surface area contributed by atoms with Gasteiger partial charge in [-0.05, 0) is 32.4 Å². The Morgan fingerprint density at radius 1 is 1.36 bits per heavy atom. The van der Waals surface area contributed by atoms with Gasteiger partial charge in [0.1, 0.15) is 6.33 Å². The lowest BCUT2D eigenvalue weighted by atomic mass is 9.95. The Kier molecular flexibility index (Phi) is 6.38. The van der Waals surface area contributed by atoms with Crippen LogP contribution in [0.25, 0.3) is 0 Å². The zero-order chi connectivity index (χ0) is 20.1. The number of aromatic nitrogens is 4. The molecule has 2 amide bonds. The molecule has 0 saturated carbocycles. The molecule has 150 valence electrons. The summed E-state index contributed by atoms with van der Waals surface area (Å²) < 4.78 is 1.97. The number of nitrogens with zero attached hydrogens (tertiary/aromatic N) is 6. The van der Waals surface area contributed by atoms with Crippen LogP contribution in [0.15, 0.2) is 30.7 Å². The van der Waals surface area contributed by atoms with Gasteiger partial charge in [0, 0.05) is 50.9 Å².